The van der Waals surface area contributed by atoms with E-state index in [4.69, 9.17) is 5.73 Å². The molecule has 2 aromatic rings. The third-order valence-corrected chi connectivity index (χ3v) is 6.30. The Hall–Kier alpha value is -1.50. The molecule has 0 aliphatic carbocycles. The Morgan fingerprint density at radius 3 is 2.86 bits per heavy atom. The molecule has 2 N–H and O–H groups in total. The number of aryl methyl sites for hydroxylation is 1. The minimum absolute atomic E-state index is 0.0785. The maximum Gasteiger partial charge on any atom is 0.245 e. The van der Waals surface area contributed by atoms with Gasteiger partial charge in [0.25, 0.3) is 0 Å². The Balaban J connectivity index is 2.10. The van der Waals surface area contributed by atoms with Crippen molar-refractivity contribution >= 4 is 20.9 Å². The van der Waals surface area contributed by atoms with Crippen molar-refractivity contribution in [1.29, 1.82) is 0 Å². The second-order valence-electron chi connectivity index (χ2n) is 6.09. The predicted molar refractivity (Wildman–Crippen MR) is 87.0 cm³/mol. The largest absolute Gasteiger partial charge is 0.328 e. The molecule has 1 aromatic carbocycles. The third-order valence-electron chi connectivity index (χ3n) is 4.25. The topological polar surface area (TPSA) is 76.3 Å². The molecule has 3 rings (SSSR count). The SMILES string of the molecule is Cc1cnc2c(S(=O)(=O)N3CC[C@H](N)C[C@@H]3C)cccc2c1. The molecule has 22 heavy (non-hydrogen) atoms. The minimum atomic E-state index is -3.56. The van der Waals surface area contributed by atoms with Crippen molar-refractivity contribution in [2.24, 2.45) is 5.73 Å². The maximum absolute atomic E-state index is 13.0. The Morgan fingerprint density at radius 2 is 2.14 bits per heavy atom. The highest BCUT2D eigenvalue weighted by atomic mass is 32.2. The van der Waals surface area contributed by atoms with Gasteiger partial charge in [-0.25, -0.2) is 8.42 Å². The molecule has 5 nitrogen and oxygen atoms in total. The average Bonchev–Trinajstić information content (AvgIpc) is 2.45. The summed E-state index contributed by atoms with van der Waals surface area (Å²) >= 11 is 0. The highest BCUT2D eigenvalue weighted by Gasteiger charge is 2.34. The van der Waals surface area contributed by atoms with Crippen LogP contribution < -0.4 is 5.73 Å². The Morgan fingerprint density at radius 1 is 1.36 bits per heavy atom. The van der Waals surface area contributed by atoms with Gasteiger partial charge in [0.15, 0.2) is 0 Å². The second kappa shape index (κ2) is 5.61. The number of piperidine rings is 1. The highest BCUT2D eigenvalue weighted by Crippen LogP contribution is 2.29. The van der Waals surface area contributed by atoms with E-state index in [9.17, 15) is 8.42 Å². The first-order chi connectivity index (χ1) is 10.4. The van der Waals surface area contributed by atoms with E-state index in [1.54, 1.807) is 22.6 Å². The van der Waals surface area contributed by atoms with E-state index in [0.29, 0.717) is 24.9 Å². The molecule has 2 heterocycles. The molecule has 0 unspecified atom stereocenters. The van der Waals surface area contributed by atoms with E-state index < -0.39 is 10.0 Å². The molecular weight excluding hydrogens is 298 g/mol. The second-order valence-corrected chi connectivity index (χ2v) is 7.95. The fourth-order valence-corrected chi connectivity index (χ4v) is 4.95. The summed E-state index contributed by atoms with van der Waals surface area (Å²) in [5.74, 6) is 0. The van der Waals surface area contributed by atoms with Crippen LogP contribution >= 0.6 is 0 Å². The molecule has 118 valence electrons. The van der Waals surface area contributed by atoms with E-state index in [-0.39, 0.29) is 17.0 Å². The van der Waals surface area contributed by atoms with Gasteiger partial charge >= 0.3 is 0 Å². The predicted octanol–water partition coefficient (Wildman–Crippen LogP) is 2.04. The van der Waals surface area contributed by atoms with Crippen LogP contribution in [-0.2, 0) is 10.0 Å². The molecule has 0 radical (unpaired) electrons. The van der Waals surface area contributed by atoms with E-state index in [1.807, 2.05) is 26.0 Å². The number of aromatic nitrogens is 1. The number of pyridine rings is 1. The number of hydrogen-bond acceptors (Lipinski definition) is 4. The standard InChI is InChI=1S/C16H21N3O2S/c1-11-8-13-4-3-5-15(16(13)18-10-11)22(20,21)19-7-6-14(17)9-12(19)2/h3-5,8,10,12,14H,6-7,9,17H2,1-2H3/t12-,14-/m0/s1. The Kier molecular flexibility index (Phi) is 3.92. The molecule has 0 amide bonds. The zero-order valence-corrected chi connectivity index (χ0v) is 13.7. The summed E-state index contributed by atoms with van der Waals surface area (Å²) in [7, 11) is -3.56. The van der Waals surface area contributed by atoms with Gasteiger partial charge in [-0.1, -0.05) is 12.1 Å². The third kappa shape index (κ3) is 2.62. The fraction of sp³-hybridized carbons (Fsp3) is 0.438. The maximum atomic E-state index is 13.0. The lowest BCUT2D eigenvalue weighted by atomic mass is 10.0. The van der Waals surface area contributed by atoms with Crippen LogP contribution in [0.15, 0.2) is 35.4 Å². The van der Waals surface area contributed by atoms with E-state index in [2.05, 4.69) is 4.98 Å². The number of hydrogen-bond donors (Lipinski definition) is 1. The number of nitrogens with two attached hydrogens (primary N) is 1. The number of benzene rings is 1. The molecule has 1 aromatic heterocycles. The van der Waals surface area contributed by atoms with E-state index >= 15 is 0 Å². The van der Waals surface area contributed by atoms with Crippen LogP contribution in [0.2, 0.25) is 0 Å². The summed E-state index contributed by atoms with van der Waals surface area (Å²) in [6.07, 6.45) is 3.09. The van der Waals surface area contributed by atoms with Crippen LogP contribution in [0.3, 0.4) is 0 Å². The highest BCUT2D eigenvalue weighted by molar-refractivity contribution is 7.89. The van der Waals surface area contributed by atoms with Gasteiger partial charge in [-0.2, -0.15) is 4.31 Å². The molecule has 1 fully saturated rings. The van der Waals surface area contributed by atoms with Crippen LogP contribution in [0.25, 0.3) is 10.9 Å². The van der Waals surface area contributed by atoms with Crippen LogP contribution in [0, 0.1) is 6.92 Å². The van der Waals surface area contributed by atoms with Crippen molar-refractivity contribution in [2.45, 2.75) is 43.7 Å². The van der Waals surface area contributed by atoms with Gasteiger partial charge < -0.3 is 5.73 Å². The first-order valence-electron chi connectivity index (χ1n) is 7.52. The monoisotopic (exact) mass is 319 g/mol. The minimum Gasteiger partial charge on any atom is -0.328 e. The van der Waals surface area contributed by atoms with Crippen LogP contribution in [0.1, 0.15) is 25.3 Å². The molecule has 1 aliphatic heterocycles. The lowest BCUT2D eigenvalue weighted by Crippen LogP contribution is -2.48. The van der Waals surface area contributed by atoms with Crippen LogP contribution in [-0.4, -0.2) is 36.3 Å². The van der Waals surface area contributed by atoms with Crippen molar-refractivity contribution < 1.29 is 8.42 Å². The van der Waals surface area contributed by atoms with Crippen molar-refractivity contribution in [3.05, 3.63) is 36.0 Å². The number of para-hydroxylation sites is 1. The number of sulfonamides is 1. The van der Waals surface area contributed by atoms with E-state index in [1.165, 1.54) is 0 Å². The normalized spacial score (nSPS) is 23.8. The number of rotatable bonds is 2. The van der Waals surface area contributed by atoms with Gasteiger partial charge in [0.05, 0.1) is 5.52 Å². The summed E-state index contributed by atoms with van der Waals surface area (Å²) in [5.41, 5.74) is 7.49. The summed E-state index contributed by atoms with van der Waals surface area (Å²) in [4.78, 5) is 4.64. The van der Waals surface area contributed by atoms with Gasteiger partial charge in [-0.05, 0) is 44.4 Å². The molecule has 0 saturated carbocycles. The van der Waals surface area contributed by atoms with Crippen LogP contribution in [0.5, 0.6) is 0 Å². The lowest BCUT2D eigenvalue weighted by molar-refractivity contribution is 0.247. The molecule has 0 spiro atoms. The van der Waals surface area contributed by atoms with Crippen molar-refractivity contribution in [3.63, 3.8) is 0 Å². The fourth-order valence-electron chi connectivity index (χ4n) is 3.12. The first kappa shape index (κ1) is 15.4. The Labute approximate surface area is 131 Å². The lowest BCUT2D eigenvalue weighted by Gasteiger charge is -2.35. The van der Waals surface area contributed by atoms with Crippen LogP contribution in [0.4, 0.5) is 0 Å². The molecule has 1 saturated heterocycles. The number of fused-ring (bicyclic) bond motifs is 1. The molecule has 0 bridgehead atoms. The average molecular weight is 319 g/mol. The quantitative estimate of drug-likeness (QED) is 0.919. The zero-order valence-electron chi connectivity index (χ0n) is 12.9. The summed E-state index contributed by atoms with van der Waals surface area (Å²) < 4.78 is 27.7. The Bertz CT molecular complexity index is 804. The van der Waals surface area contributed by atoms with Gasteiger partial charge in [-0.3, -0.25) is 4.98 Å². The van der Waals surface area contributed by atoms with Crippen molar-refractivity contribution in [2.75, 3.05) is 6.54 Å². The molecular formula is C16H21N3O2S. The van der Waals surface area contributed by atoms with Gasteiger partial charge in [0, 0.05) is 30.2 Å². The van der Waals surface area contributed by atoms with Gasteiger partial charge in [-0.15, -0.1) is 0 Å². The van der Waals surface area contributed by atoms with Crippen molar-refractivity contribution in [1.82, 2.24) is 9.29 Å². The first-order valence-corrected chi connectivity index (χ1v) is 8.96. The molecule has 6 heteroatoms. The molecule has 2 atom stereocenters. The van der Waals surface area contributed by atoms with Gasteiger partial charge in [0.1, 0.15) is 4.90 Å². The smallest absolute Gasteiger partial charge is 0.245 e. The summed E-state index contributed by atoms with van der Waals surface area (Å²) in [6, 6.07) is 7.25. The summed E-state index contributed by atoms with van der Waals surface area (Å²) in [5, 5.41) is 0.849. The van der Waals surface area contributed by atoms with E-state index in [0.717, 1.165) is 10.9 Å². The molecule has 1 aliphatic rings. The zero-order chi connectivity index (χ0) is 15.9. The summed E-state index contributed by atoms with van der Waals surface area (Å²) in [6.45, 7) is 4.33. The number of nitrogens with zero attached hydrogens (tertiary/aromatic N) is 2. The van der Waals surface area contributed by atoms with Gasteiger partial charge in [0.2, 0.25) is 10.0 Å². The van der Waals surface area contributed by atoms with Crippen molar-refractivity contribution in [3.8, 4) is 0 Å².